The Kier molecular flexibility index (Phi) is 4.45. The van der Waals surface area contributed by atoms with Crippen molar-refractivity contribution in [2.75, 3.05) is 13.2 Å². The molecule has 0 bridgehead atoms. The van der Waals surface area contributed by atoms with Gasteiger partial charge in [-0.1, -0.05) is 6.58 Å². The molecule has 0 saturated heterocycles. The third-order valence-corrected chi connectivity index (χ3v) is 1.82. The van der Waals surface area contributed by atoms with Crippen molar-refractivity contribution >= 4 is 8.32 Å². The topological polar surface area (TPSA) is 18.5 Å². The van der Waals surface area contributed by atoms with Gasteiger partial charge in [0, 0.05) is 6.61 Å². The molecule has 0 unspecified atom stereocenters. The van der Waals surface area contributed by atoms with Gasteiger partial charge in [-0.15, -0.1) is 0 Å². The summed E-state index contributed by atoms with van der Waals surface area (Å²) in [7, 11) is -1.45. The number of hydrogen-bond acceptors (Lipinski definition) is 2. The molecule has 0 N–H and O–H groups in total. The van der Waals surface area contributed by atoms with Crippen LogP contribution < -0.4 is 0 Å². The molecule has 0 aromatic heterocycles. The van der Waals surface area contributed by atoms with Gasteiger partial charge in [0.2, 0.25) is 8.32 Å². The van der Waals surface area contributed by atoms with Crippen LogP contribution in [0.25, 0.3) is 0 Å². The van der Waals surface area contributed by atoms with Crippen LogP contribution in [0.2, 0.25) is 19.6 Å². The van der Waals surface area contributed by atoms with Gasteiger partial charge >= 0.3 is 0 Å². The highest BCUT2D eigenvalue weighted by atomic mass is 28.4. The molecule has 66 valence electrons. The Balaban J connectivity index is 3.53. The van der Waals surface area contributed by atoms with Crippen LogP contribution in [0, 0.1) is 0 Å². The van der Waals surface area contributed by atoms with Crippen molar-refractivity contribution in [3.8, 4) is 0 Å². The molecule has 0 rings (SSSR count). The Morgan fingerprint density at radius 2 is 1.91 bits per heavy atom. The third-order valence-electron chi connectivity index (χ3n) is 0.918. The third kappa shape index (κ3) is 7.62. The fourth-order valence-corrected chi connectivity index (χ4v) is 1.60. The quantitative estimate of drug-likeness (QED) is 0.470. The maximum absolute atomic E-state index is 5.56. The van der Waals surface area contributed by atoms with Gasteiger partial charge in [0.1, 0.15) is 6.61 Å². The van der Waals surface area contributed by atoms with Crippen molar-refractivity contribution in [1.82, 2.24) is 0 Å². The van der Waals surface area contributed by atoms with Gasteiger partial charge in [-0.25, -0.2) is 0 Å². The molecule has 2 nitrogen and oxygen atoms in total. The molecular weight excluding hydrogens is 156 g/mol. The molecule has 0 atom stereocenters. The Morgan fingerprint density at radius 1 is 1.36 bits per heavy atom. The van der Waals surface area contributed by atoms with E-state index < -0.39 is 8.32 Å². The summed E-state index contributed by atoms with van der Waals surface area (Å²) in [6.45, 7) is 13.4. The van der Waals surface area contributed by atoms with E-state index in [1.54, 1.807) is 0 Å². The minimum absolute atomic E-state index is 0.529. The normalized spacial score (nSPS) is 11.3. The monoisotopic (exact) mass is 174 g/mol. The van der Waals surface area contributed by atoms with Crippen molar-refractivity contribution < 1.29 is 9.16 Å². The van der Waals surface area contributed by atoms with Crippen molar-refractivity contribution in [1.29, 1.82) is 0 Å². The Bertz CT molecular complexity index is 127. The van der Waals surface area contributed by atoms with E-state index in [4.69, 9.17) is 9.16 Å². The zero-order valence-electron chi connectivity index (χ0n) is 7.94. The van der Waals surface area contributed by atoms with E-state index in [2.05, 4.69) is 26.2 Å². The zero-order chi connectivity index (χ0) is 8.91. The lowest BCUT2D eigenvalue weighted by Crippen LogP contribution is -2.25. The highest BCUT2D eigenvalue weighted by Gasteiger charge is 2.16. The minimum Gasteiger partial charge on any atom is -0.546 e. The van der Waals surface area contributed by atoms with Gasteiger partial charge < -0.3 is 9.16 Å². The molecule has 0 aliphatic carbocycles. The lowest BCUT2D eigenvalue weighted by atomic mass is 10.6. The molecule has 0 aliphatic rings. The van der Waals surface area contributed by atoms with Crippen LogP contribution in [-0.2, 0) is 9.16 Å². The van der Waals surface area contributed by atoms with E-state index in [0.29, 0.717) is 13.2 Å². The van der Waals surface area contributed by atoms with Gasteiger partial charge in [0.05, 0.1) is 5.76 Å². The molecule has 0 fully saturated rings. The van der Waals surface area contributed by atoms with Gasteiger partial charge in [0.15, 0.2) is 0 Å². The van der Waals surface area contributed by atoms with Crippen molar-refractivity contribution in [2.45, 2.75) is 26.6 Å². The first kappa shape index (κ1) is 10.7. The summed E-state index contributed by atoms with van der Waals surface area (Å²) < 4.78 is 10.7. The van der Waals surface area contributed by atoms with E-state index in [9.17, 15) is 0 Å². The molecular formula is C8H18O2Si. The standard InChI is InChI=1S/C8H18O2Si/c1-6-9-7-8(2)10-11(3,4)5/h2,6-7H2,1,3-5H3. The summed E-state index contributed by atoms with van der Waals surface area (Å²) in [5, 5.41) is 0. The van der Waals surface area contributed by atoms with Gasteiger partial charge in [0.25, 0.3) is 0 Å². The number of rotatable bonds is 5. The molecule has 0 aromatic rings. The van der Waals surface area contributed by atoms with Crippen LogP contribution in [0.15, 0.2) is 12.3 Å². The number of ether oxygens (including phenoxy) is 1. The van der Waals surface area contributed by atoms with Gasteiger partial charge in [-0.05, 0) is 26.6 Å². The summed E-state index contributed by atoms with van der Waals surface area (Å²) >= 11 is 0. The molecule has 3 heteroatoms. The summed E-state index contributed by atoms with van der Waals surface area (Å²) in [5.41, 5.74) is 0. The summed E-state index contributed by atoms with van der Waals surface area (Å²) in [5.74, 6) is 0.756. The first-order chi connectivity index (χ1) is 4.95. The van der Waals surface area contributed by atoms with E-state index in [0.717, 1.165) is 5.76 Å². The second-order valence-corrected chi connectivity index (χ2v) is 7.82. The van der Waals surface area contributed by atoms with E-state index in [1.165, 1.54) is 0 Å². The van der Waals surface area contributed by atoms with Crippen molar-refractivity contribution in [3.63, 3.8) is 0 Å². The van der Waals surface area contributed by atoms with E-state index >= 15 is 0 Å². The molecule has 0 saturated carbocycles. The molecule has 0 amide bonds. The Hall–Kier alpha value is -0.283. The SMILES string of the molecule is C=C(COCC)O[Si](C)(C)C. The second kappa shape index (κ2) is 4.57. The van der Waals surface area contributed by atoms with Crippen LogP contribution in [0.3, 0.4) is 0 Å². The van der Waals surface area contributed by atoms with Gasteiger partial charge in [-0.3, -0.25) is 0 Å². The summed E-state index contributed by atoms with van der Waals surface area (Å²) in [6.07, 6.45) is 0. The molecule has 11 heavy (non-hydrogen) atoms. The van der Waals surface area contributed by atoms with Gasteiger partial charge in [-0.2, -0.15) is 0 Å². The molecule has 0 radical (unpaired) electrons. The Labute approximate surface area is 70.3 Å². The van der Waals surface area contributed by atoms with Crippen LogP contribution in [0.5, 0.6) is 0 Å². The second-order valence-electron chi connectivity index (χ2n) is 3.39. The molecule has 0 aliphatic heterocycles. The van der Waals surface area contributed by atoms with Crippen molar-refractivity contribution in [3.05, 3.63) is 12.3 Å². The highest BCUT2D eigenvalue weighted by molar-refractivity contribution is 6.70. The summed E-state index contributed by atoms with van der Waals surface area (Å²) in [6, 6.07) is 0. The zero-order valence-corrected chi connectivity index (χ0v) is 8.94. The van der Waals surface area contributed by atoms with Crippen LogP contribution in [0.4, 0.5) is 0 Å². The maximum atomic E-state index is 5.56. The van der Waals surface area contributed by atoms with Crippen LogP contribution >= 0.6 is 0 Å². The van der Waals surface area contributed by atoms with Crippen LogP contribution in [-0.4, -0.2) is 21.5 Å². The highest BCUT2D eigenvalue weighted by Crippen LogP contribution is 2.08. The fraction of sp³-hybridized carbons (Fsp3) is 0.750. The molecule has 0 spiro atoms. The lowest BCUT2D eigenvalue weighted by Gasteiger charge is -2.20. The van der Waals surface area contributed by atoms with E-state index in [-0.39, 0.29) is 0 Å². The predicted octanol–water partition coefficient (Wildman–Crippen LogP) is 2.39. The average Bonchev–Trinajstić information content (AvgIpc) is 1.79. The summed E-state index contributed by atoms with van der Waals surface area (Å²) in [4.78, 5) is 0. The first-order valence-electron chi connectivity index (χ1n) is 3.90. The minimum atomic E-state index is -1.45. The average molecular weight is 174 g/mol. The number of hydrogen-bond donors (Lipinski definition) is 0. The smallest absolute Gasteiger partial charge is 0.241 e. The van der Waals surface area contributed by atoms with Crippen molar-refractivity contribution in [2.24, 2.45) is 0 Å². The first-order valence-corrected chi connectivity index (χ1v) is 7.31. The Morgan fingerprint density at radius 3 is 2.27 bits per heavy atom. The molecule has 0 heterocycles. The van der Waals surface area contributed by atoms with Crippen LogP contribution in [0.1, 0.15) is 6.92 Å². The maximum Gasteiger partial charge on any atom is 0.241 e. The molecule has 0 aromatic carbocycles. The predicted molar refractivity (Wildman–Crippen MR) is 50.1 cm³/mol. The fourth-order valence-electron chi connectivity index (χ4n) is 0.678. The lowest BCUT2D eigenvalue weighted by molar-refractivity contribution is 0.143. The largest absolute Gasteiger partial charge is 0.546 e. The van der Waals surface area contributed by atoms with E-state index in [1.807, 2.05) is 6.92 Å².